The van der Waals surface area contributed by atoms with Crippen LogP contribution in [0.25, 0.3) is 0 Å². The molecule has 0 bridgehead atoms. The monoisotopic (exact) mass is 252 g/mol. The second-order valence-electron chi connectivity index (χ2n) is 5.86. The summed E-state index contributed by atoms with van der Waals surface area (Å²) in [7, 11) is 0. The molecule has 1 fully saturated rings. The smallest absolute Gasteiger partial charge is 0.0406 e. The van der Waals surface area contributed by atoms with Gasteiger partial charge in [0.15, 0.2) is 0 Å². The molecule has 3 N–H and O–H groups in total. The van der Waals surface area contributed by atoms with Gasteiger partial charge >= 0.3 is 0 Å². The van der Waals surface area contributed by atoms with Gasteiger partial charge in [-0.3, -0.25) is 0 Å². The van der Waals surface area contributed by atoms with Crippen molar-refractivity contribution in [1.82, 2.24) is 5.32 Å². The van der Waals surface area contributed by atoms with Crippen LogP contribution in [0.1, 0.15) is 32.3 Å². The van der Waals surface area contributed by atoms with Gasteiger partial charge in [-0.25, -0.2) is 0 Å². The SMILES string of the molecule is CC(C)(CNCC1(N)CC1)c1ccc(Cl)cc1. The van der Waals surface area contributed by atoms with Crippen molar-refractivity contribution in [2.75, 3.05) is 13.1 Å². The first-order chi connectivity index (χ1) is 7.91. The lowest BCUT2D eigenvalue weighted by atomic mass is 9.84. The molecular formula is C14H21ClN2. The molecule has 0 aromatic heterocycles. The highest BCUT2D eigenvalue weighted by Gasteiger charge is 2.37. The van der Waals surface area contributed by atoms with E-state index in [9.17, 15) is 0 Å². The van der Waals surface area contributed by atoms with Gasteiger partial charge in [0, 0.05) is 29.1 Å². The van der Waals surface area contributed by atoms with Gasteiger partial charge in [0.1, 0.15) is 0 Å². The molecule has 0 heterocycles. The molecule has 17 heavy (non-hydrogen) atoms. The summed E-state index contributed by atoms with van der Waals surface area (Å²) in [5.41, 5.74) is 7.54. The average molecular weight is 253 g/mol. The maximum absolute atomic E-state index is 6.05. The largest absolute Gasteiger partial charge is 0.324 e. The molecule has 1 aromatic carbocycles. The number of halogens is 1. The first-order valence-electron chi connectivity index (χ1n) is 6.17. The van der Waals surface area contributed by atoms with E-state index in [1.807, 2.05) is 12.1 Å². The van der Waals surface area contributed by atoms with Crippen molar-refractivity contribution < 1.29 is 0 Å². The van der Waals surface area contributed by atoms with Crippen molar-refractivity contribution in [2.24, 2.45) is 5.73 Å². The Morgan fingerprint density at radius 2 is 1.88 bits per heavy atom. The number of rotatable bonds is 5. The van der Waals surface area contributed by atoms with Crippen molar-refractivity contribution in [1.29, 1.82) is 0 Å². The van der Waals surface area contributed by atoms with Crippen LogP contribution >= 0.6 is 11.6 Å². The van der Waals surface area contributed by atoms with Gasteiger partial charge in [-0.05, 0) is 30.5 Å². The van der Waals surface area contributed by atoms with Gasteiger partial charge in [0.05, 0.1) is 0 Å². The van der Waals surface area contributed by atoms with Gasteiger partial charge in [-0.1, -0.05) is 37.6 Å². The van der Waals surface area contributed by atoms with E-state index >= 15 is 0 Å². The lowest BCUT2D eigenvalue weighted by Crippen LogP contribution is -2.41. The third-order valence-electron chi connectivity index (χ3n) is 3.56. The van der Waals surface area contributed by atoms with E-state index in [0.717, 1.165) is 31.0 Å². The predicted octanol–water partition coefficient (Wildman–Crippen LogP) is 2.70. The molecule has 0 aliphatic heterocycles. The second kappa shape index (κ2) is 4.60. The van der Waals surface area contributed by atoms with Crippen molar-refractivity contribution in [3.05, 3.63) is 34.9 Å². The number of hydrogen-bond donors (Lipinski definition) is 2. The summed E-state index contributed by atoms with van der Waals surface area (Å²) in [5.74, 6) is 0. The minimum Gasteiger partial charge on any atom is -0.324 e. The Hall–Kier alpha value is -0.570. The van der Waals surface area contributed by atoms with Crippen LogP contribution in [0.15, 0.2) is 24.3 Å². The quantitative estimate of drug-likeness (QED) is 0.846. The number of nitrogens with two attached hydrogens (primary N) is 1. The molecule has 0 spiro atoms. The van der Waals surface area contributed by atoms with E-state index in [4.69, 9.17) is 17.3 Å². The predicted molar refractivity (Wildman–Crippen MR) is 73.5 cm³/mol. The Morgan fingerprint density at radius 3 is 2.41 bits per heavy atom. The van der Waals surface area contributed by atoms with Gasteiger partial charge in [-0.2, -0.15) is 0 Å². The highest BCUT2D eigenvalue weighted by atomic mass is 35.5. The summed E-state index contributed by atoms with van der Waals surface area (Å²) in [5, 5.41) is 4.27. The summed E-state index contributed by atoms with van der Waals surface area (Å²) in [6.45, 7) is 6.33. The number of benzene rings is 1. The van der Waals surface area contributed by atoms with Crippen molar-refractivity contribution in [3.63, 3.8) is 0 Å². The minimum absolute atomic E-state index is 0.0794. The van der Waals surface area contributed by atoms with Crippen LogP contribution in [0.3, 0.4) is 0 Å². The zero-order valence-corrected chi connectivity index (χ0v) is 11.3. The summed E-state index contributed by atoms with van der Waals surface area (Å²) in [6, 6.07) is 8.09. The molecule has 2 rings (SSSR count). The molecule has 0 atom stereocenters. The molecule has 94 valence electrons. The fourth-order valence-corrected chi connectivity index (χ4v) is 2.09. The molecule has 0 radical (unpaired) electrons. The second-order valence-corrected chi connectivity index (χ2v) is 6.29. The van der Waals surface area contributed by atoms with Crippen molar-refractivity contribution in [2.45, 2.75) is 37.6 Å². The van der Waals surface area contributed by atoms with Crippen LogP contribution in [0.5, 0.6) is 0 Å². The van der Waals surface area contributed by atoms with E-state index in [1.165, 1.54) is 5.56 Å². The molecule has 3 heteroatoms. The van der Waals surface area contributed by atoms with E-state index in [2.05, 4.69) is 31.3 Å². The third-order valence-corrected chi connectivity index (χ3v) is 3.81. The Morgan fingerprint density at radius 1 is 1.29 bits per heavy atom. The Bertz CT molecular complexity index is 380. The highest BCUT2D eigenvalue weighted by Crippen LogP contribution is 2.31. The van der Waals surface area contributed by atoms with E-state index < -0.39 is 0 Å². The summed E-state index contributed by atoms with van der Waals surface area (Å²) in [4.78, 5) is 0. The van der Waals surface area contributed by atoms with Gasteiger partial charge in [0.25, 0.3) is 0 Å². The number of nitrogens with one attached hydrogen (secondary N) is 1. The molecule has 1 aromatic rings. The molecule has 0 unspecified atom stereocenters. The van der Waals surface area contributed by atoms with Crippen LogP contribution in [0.4, 0.5) is 0 Å². The van der Waals surface area contributed by atoms with Crippen LogP contribution < -0.4 is 11.1 Å². The molecular weight excluding hydrogens is 232 g/mol. The zero-order valence-electron chi connectivity index (χ0n) is 10.6. The Labute approximate surface area is 109 Å². The van der Waals surface area contributed by atoms with Crippen LogP contribution in [-0.2, 0) is 5.41 Å². The number of hydrogen-bond acceptors (Lipinski definition) is 2. The highest BCUT2D eigenvalue weighted by molar-refractivity contribution is 6.30. The van der Waals surface area contributed by atoms with E-state index in [-0.39, 0.29) is 11.0 Å². The lowest BCUT2D eigenvalue weighted by molar-refractivity contribution is 0.448. The van der Waals surface area contributed by atoms with Gasteiger partial charge in [0.2, 0.25) is 0 Å². The lowest BCUT2D eigenvalue weighted by Gasteiger charge is -2.26. The first-order valence-corrected chi connectivity index (χ1v) is 6.55. The van der Waals surface area contributed by atoms with Crippen molar-refractivity contribution in [3.8, 4) is 0 Å². The molecule has 0 saturated heterocycles. The molecule has 1 aliphatic carbocycles. The van der Waals surface area contributed by atoms with Crippen LogP contribution in [0, 0.1) is 0 Å². The minimum atomic E-state index is 0.0794. The van der Waals surface area contributed by atoms with Gasteiger partial charge < -0.3 is 11.1 Å². The molecule has 1 saturated carbocycles. The summed E-state index contributed by atoms with van der Waals surface area (Å²) >= 11 is 5.90. The fourth-order valence-electron chi connectivity index (χ4n) is 1.96. The summed E-state index contributed by atoms with van der Waals surface area (Å²) < 4.78 is 0. The Balaban J connectivity index is 1.90. The average Bonchev–Trinajstić information content (AvgIpc) is 2.97. The standard InChI is InChI=1S/C14H21ClN2/c1-13(2,9-17-10-14(16)7-8-14)11-3-5-12(15)6-4-11/h3-6,17H,7-10,16H2,1-2H3. The van der Waals surface area contributed by atoms with Gasteiger partial charge in [-0.15, -0.1) is 0 Å². The first kappa shape index (κ1) is 12.9. The van der Waals surface area contributed by atoms with E-state index in [1.54, 1.807) is 0 Å². The topological polar surface area (TPSA) is 38.0 Å². The Kier molecular flexibility index (Phi) is 3.48. The maximum atomic E-state index is 6.05. The molecule has 0 amide bonds. The third kappa shape index (κ3) is 3.44. The van der Waals surface area contributed by atoms with Crippen LogP contribution in [-0.4, -0.2) is 18.6 Å². The van der Waals surface area contributed by atoms with Crippen molar-refractivity contribution >= 4 is 11.6 Å². The molecule has 2 nitrogen and oxygen atoms in total. The fraction of sp³-hybridized carbons (Fsp3) is 0.571. The molecule has 1 aliphatic rings. The summed E-state index contributed by atoms with van der Waals surface area (Å²) in [6.07, 6.45) is 2.31. The van der Waals surface area contributed by atoms with E-state index in [0.29, 0.717) is 0 Å². The maximum Gasteiger partial charge on any atom is 0.0406 e. The van der Waals surface area contributed by atoms with Crippen LogP contribution in [0.2, 0.25) is 5.02 Å². The normalized spacial score (nSPS) is 18.1. The zero-order chi connectivity index (χ0) is 12.5.